The summed E-state index contributed by atoms with van der Waals surface area (Å²) in [5.74, 6) is 0. The minimum absolute atomic E-state index is 0.398. The van der Waals surface area contributed by atoms with E-state index in [0.29, 0.717) is 6.04 Å². The second kappa shape index (κ2) is 10.2. The molecule has 0 bridgehead atoms. The molecule has 0 aromatic carbocycles. The average Bonchev–Trinajstić information content (AvgIpc) is 1.62. The van der Waals surface area contributed by atoms with Crippen molar-refractivity contribution >= 4 is 18.8 Å². The molecule has 5 heteroatoms. The zero-order valence-corrected chi connectivity index (χ0v) is 10.0. The molecule has 0 saturated carbocycles. The molecule has 0 saturated heterocycles. The topological polar surface area (TPSA) is 52.0 Å². The van der Waals surface area contributed by atoms with Gasteiger partial charge in [0.1, 0.15) is 0 Å². The number of rotatable bonds is 2. The van der Waals surface area contributed by atoms with Crippen LogP contribution in [0.4, 0.5) is 0 Å². The van der Waals surface area contributed by atoms with Gasteiger partial charge in [-0.15, -0.1) is 0 Å². The van der Waals surface area contributed by atoms with Gasteiger partial charge in [0.05, 0.1) is 0 Å². The Kier molecular flexibility index (Phi) is 14.0. The molecule has 0 aliphatic heterocycles. The third-order valence-corrected chi connectivity index (χ3v) is 0.744. The van der Waals surface area contributed by atoms with Gasteiger partial charge in [-0.25, -0.2) is 0 Å². The van der Waals surface area contributed by atoms with Crippen LogP contribution in [-0.4, -0.2) is 6.04 Å². The summed E-state index contributed by atoms with van der Waals surface area (Å²) >= 11 is -1.82. The number of nitrogens with two attached hydrogens (primary N) is 2. The quantitative estimate of drug-likeness (QED) is 0.782. The van der Waals surface area contributed by atoms with Gasteiger partial charge >= 0.3 is 38.6 Å². The van der Waals surface area contributed by atoms with Crippen LogP contribution in [0.2, 0.25) is 0 Å². The van der Waals surface area contributed by atoms with E-state index < -0.39 is 15.5 Å². The summed E-state index contributed by atoms with van der Waals surface area (Å²) in [6.07, 6.45) is 2.36. The molecule has 1 atom stereocenters. The van der Waals surface area contributed by atoms with E-state index in [1.165, 1.54) is 6.42 Å². The van der Waals surface area contributed by atoms with E-state index in [-0.39, 0.29) is 0 Å². The van der Waals surface area contributed by atoms with E-state index >= 15 is 0 Å². The van der Waals surface area contributed by atoms with Crippen LogP contribution < -0.4 is 10.0 Å². The first-order valence-electron chi connectivity index (χ1n) is 2.95. The molecule has 0 amide bonds. The predicted molar refractivity (Wildman–Crippen MR) is 44.5 cm³/mol. The molecule has 0 spiro atoms. The van der Waals surface area contributed by atoms with Crippen molar-refractivity contribution in [3.8, 4) is 0 Å². The molecule has 2 nitrogen and oxygen atoms in total. The Labute approximate surface area is 76.9 Å². The molecule has 0 rings (SSSR count). The van der Waals surface area contributed by atoms with Crippen LogP contribution in [0.5, 0.6) is 0 Å². The first-order valence-corrected chi connectivity index (χ1v) is 9.89. The zero-order valence-electron chi connectivity index (χ0n) is 6.22. The van der Waals surface area contributed by atoms with E-state index in [0.717, 1.165) is 6.42 Å². The van der Waals surface area contributed by atoms with Crippen molar-refractivity contribution in [2.75, 3.05) is 0 Å². The first kappa shape index (κ1) is 13.8. The van der Waals surface area contributed by atoms with Gasteiger partial charge in [-0.05, 0) is 13.3 Å². The molecule has 0 fully saturated rings. The summed E-state index contributed by atoms with van der Waals surface area (Å²) in [5, 5.41) is 0. The Morgan fingerprint density at radius 1 is 1.50 bits per heavy atom. The summed E-state index contributed by atoms with van der Waals surface area (Å²) in [6.45, 7) is 4.17. The zero-order chi connectivity index (χ0) is 8.57. The number of hydrogen-bond acceptors (Lipinski definition) is 2. The van der Waals surface area contributed by atoms with Crippen molar-refractivity contribution in [2.24, 2.45) is 10.0 Å². The molecule has 1 unspecified atom stereocenters. The average molecular weight is 369 g/mol. The van der Waals surface area contributed by atoms with Crippen molar-refractivity contribution < 1.29 is 15.5 Å². The van der Waals surface area contributed by atoms with Crippen LogP contribution in [0.3, 0.4) is 0 Å². The summed E-state index contributed by atoms with van der Waals surface area (Å²) < 4.78 is 4.80. The van der Waals surface area contributed by atoms with Crippen LogP contribution in [0.1, 0.15) is 26.7 Å². The first-order chi connectivity index (χ1) is 4.50. The third-order valence-electron chi connectivity index (χ3n) is 0.744. The van der Waals surface area contributed by atoms with E-state index in [4.69, 9.17) is 28.9 Å². The Morgan fingerprint density at radius 3 is 1.80 bits per heavy atom. The molecule has 0 aliphatic rings. The number of hydrogen-bond donors (Lipinski definition) is 2. The molecule has 0 radical (unpaired) electrons. The summed E-state index contributed by atoms with van der Waals surface area (Å²) in [7, 11) is 9.95. The fourth-order valence-electron chi connectivity index (χ4n) is 0.455. The summed E-state index contributed by atoms with van der Waals surface area (Å²) in [6, 6.07) is 0.398. The summed E-state index contributed by atoms with van der Waals surface area (Å²) in [4.78, 5) is 0. The minimum atomic E-state index is -1.82. The van der Waals surface area contributed by atoms with Gasteiger partial charge < -0.3 is 5.73 Å². The van der Waals surface area contributed by atoms with Gasteiger partial charge in [0.25, 0.3) is 0 Å². The second-order valence-corrected chi connectivity index (χ2v) is 8.48. The molecule has 10 heavy (non-hydrogen) atoms. The van der Waals surface area contributed by atoms with Crippen molar-refractivity contribution in [1.82, 2.24) is 0 Å². The van der Waals surface area contributed by atoms with Crippen molar-refractivity contribution in [2.45, 2.75) is 32.7 Å². The molecule has 0 aromatic heterocycles. The van der Waals surface area contributed by atoms with Gasteiger partial charge in [-0.3, -0.25) is 0 Å². The standard InChI is InChI=1S/C5H13N.2ClH.H2N.Pt/c1-3-4-5(2)6;;;;/h5H,3-4,6H2,1-2H3;2*1H;1H2;/q;;;-1;+3/p-2. The molecule has 0 aromatic rings. The van der Waals surface area contributed by atoms with Gasteiger partial charge in [-0.2, -0.15) is 0 Å². The second-order valence-electron chi connectivity index (χ2n) is 1.95. The molecule has 0 aliphatic carbocycles. The molecule has 4 N–H and O–H groups in total. The molecular formula is C5H15Cl2N2Pt. The van der Waals surface area contributed by atoms with Crippen molar-refractivity contribution in [3.05, 3.63) is 0 Å². The fourth-order valence-corrected chi connectivity index (χ4v) is 0.455. The Balaban J connectivity index is 0. The van der Waals surface area contributed by atoms with Gasteiger partial charge in [0, 0.05) is 6.04 Å². The van der Waals surface area contributed by atoms with Crippen LogP contribution in [0.25, 0.3) is 0 Å². The van der Waals surface area contributed by atoms with Crippen molar-refractivity contribution in [1.29, 1.82) is 0 Å². The van der Waals surface area contributed by atoms with Crippen LogP contribution in [0, 0.1) is 0 Å². The van der Waals surface area contributed by atoms with E-state index in [1.54, 1.807) is 0 Å². The Morgan fingerprint density at radius 2 is 1.80 bits per heavy atom. The van der Waals surface area contributed by atoms with Crippen LogP contribution in [0.15, 0.2) is 0 Å². The van der Waals surface area contributed by atoms with Crippen LogP contribution >= 0.6 is 18.8 Å². The summed E-state index contributed by atoms with van der Waals surface area (Å²) in [5.41, 5.74) is 5.40. The fraction of sp³-hybridized carbons (Fsp3) is 1.00. The van der Waals surface area contributed by atoms with E-state index in [1.807, 2.05) is 6.92 Å². The predicted octanol–water partition coefficient (Wildman–Crippen LogP) is 1.92. The SMILES string of the molecule is CCCC(C)N.[NH2][Pt]([Cl])[Cl]. The molecule has 69 valence electrons. The van der Waals surface area contributed by atoms with Crippen molar-refractivity contribution in [3.63, 3.8) is 0 Å². The maximum absolute atomic E-state index is 5.40. The maximum atomic E-state index is 5.40. The van der Waals surface area contributed by atoms with Gasteiger partial charge in [0.2, 0.25) is 0 Å². The monoisotopic (exact) mass is 368 g/mol. The third kappa shape index (κ3) is 35.1. The molecule has 0 heterocycles. The van der Waals surface area contributed by atoms with Gasteiger partial charge in [-0.1, -0.05) is 13.3 Å². The van der Waals surface area contributed by atoms with E-state index in [2.05, 4.69) is 6.92 Å². The Hall–Kier alpha value is 1.19. The molecular weight excluding hydrogens is 354 g/mol. The van der Waals surface area contributed by atoms with Crippen LogP contribution in [-0.2, 0) is 15.5 Å². The van der Waals surface area contributed by atoms with Gasteiger partial charge in [0.15, 0.2) is 0 Å². The Bertz CT molecular complexity index is 58.9. The van der Waals surface area contributed by atoms with E-state index in [9.17, 15) is 0 Å². The normalized spacial score (nSPS) is 13.2. The number of halogens is 2.